The predicted octanol–water partition coefficient (Wildman–Crippen LogP) is 0.561. The van der Waals surface area contributed by atoms with E-state index < -0.39 is 0 Å². The van der Waals surface area contributed by atoms with Crippen molar-refractivity contribution in [2.45, 2.75) is 38.6 Å². The minimum atomic E-state index is 0.0124. The Kier molecular flexibility index (Phi) is 9.83. The van der Waals surface area contributed by atoms with Gasteiger partial charge in [-0.05, 0) is 92.5 Å². The maximum Gasteiger partial charge on any atom is 0.146 e. The number of ketones is 1. The molecule has 0 radical (unpaired) electrons. The first-order valence-electron chi connectivity index (χ1n) is 8.41. The van der Waals surface area contributed by atoms with E-state index in [0.717, 1.165) is 52.1 Å². The highest BCUT2D eigenvalue weighted by Crippen LogP contribution is 1.97. The standard InChI is InChI=1S/C16H34N4O/c1-15(21)16-7-10-17-8-4-11-19(2)13-6-14-20(3)12-5-9-18-16/h16-18H,4-14H2,1-3H3. The molecular formula is C16H34N4O. The Hall–Kier alpha value is -0.490. The lowest BCUT2D eigenvalue weighted by molar-refractivity contribution is -0.119. The van der Waals surface area contributed by atoms with Crippen molar-refractivity contribution in [1.82, 2.24) is 20.4 Å². The maximum absolute atomic E-state index is 11.6. The first-order chi connectivity index (χ1) is 10.1. The van der Waals surface area contributed by atoms with Crippen LogP contribution < -0.4 is 10.6 Å². The smallest absolute Gasteiger partial charge is 0.146 e. The largest absolute Gasteiger partial charge is 0.317 e. The van der Waals surface area contributed by atoms with E-state index in [1.807, 2.05) is 0 Å². The molecule has 1 aliphatic heterocycles. The van der Waals surface area contributed by atoms with E-state index in [0.29, 0.717) is 0 Å². The zero-order valence-electron chi connectivity index (χ0n) is 14.2. The highest BCUT2D eigenvalue weighted by atomic mass is 16.1. The third-order valence-corrected chi connectivity index (χ3v) is 4.18. The molecule has 1 saturated heterocycles. The van der Waals surface area contributed by atoms with E-state index in [1.54, 1.807) is 6.92 Å². The number of nitrogens with one attached hydrogen (secondary N) is 2. The second-order valence-corrected chi connectivity index (χ2v) is 6.32. The zero-order chi connectivity index (χ0) is 15.5. The van der Waals surface area contributed by atoms with Crippen LogP contribution in [0, 0.1) is 0 Å². The van der Waals surface area contributed by atoms with Crippen LogP contribution in [0.25, 0.3) is 0 Å². The first kappa shape index (κ1) is 18.6. The summed E-state index contributed by atoms with van der Waals surface area (Å²) in [6, 6.07) is 0.0124. The van der Waals surface area contributed by atoms with Crippen molar-refractivity contribution in [3.63, 3.8) is 0 Å². The quantitative estimate of drug-likeness (QED) is 0.741. The molecule has 0 bridgehead atoms. The lowest BCUT2D eigenvalue weighted by Crippen LogP contribution is -2.39. The molecule has 0 aromatic heterocycles. The van der Waals surface area contributed by atoms with Gasteiger partial charge < -0.3 is 20.4 Å². The number of hydrogen-bond donors (Lipinski definition) is 2. The summed E-state index contributed by atoms with van der Waals surface area (Å²) < 4.78 is 0. The van der Waals surface area contributed by atoms with Crippen LogP contribution in [0.1, 0.15) is 32.6 Å². The zero-order valence-corrected chi connectivity index (χ0v) is 14.2. The topological polar surface area (TPSA) is 47.6 Å². The van der Waals surface area contributed by atoms with Crippen LogP contribution in [-0.2, 0) is 4.79 Å². The van der Waals surface area contributed by atoms with E-state index >= 15 is 0 Å². The van der Waals surface area contributed by atoms with Gasteiger partial charge in [0.15, 0.2) is 0 Å². The Balaban J connectivity index is 2.39. The van der Waals surface area contributed by atoms with E-state index in [4.69, 9.17) is 0 Å². The molecular weight excluding hydrogens is 264 g/mol. The Labute approximate surface area is 130 Å². The second-order valence-electron chi connectivity index (χ2n) is 6.32. The van der Waals surface area contributed by atoms with Crippen molar-refractivity contribution in [3.8, 4) is 0 Å². The molecule has 0 spiro atoms. The van der Waals surface area contributed by atoms with Gasteiger partial charge in [-0.1, -0.05) is 0 Å². The molecule has 5 heteroatoms. The molecule has 0 aromatic carbocycles. The number of carbonyl (C=O) groups is 1. The van der Waals surface area contributed by atoms with E-state index in [1.165, 1.54) is 19.4 Å². The molecule has 1 rings (SSSR count). The number of nitrogens with zero attached hydrogens (tertiary/aromatic N) is 2. The van der Waals surface area contributed by atoms with Crippen molar-refractivity contribution in [2.75, 3.05) is 59.9 Å². The minimum absolute atomic E-state index is 0.0124. The molecule has 124 valence electrons. The molecule has 1 fully saturated rings. The number of Topliss-reactive ketones (excluding diaryl/α,β-unsaturated/α-hetero) is 1. The normalized spacial score (nSPS) is 26.5. The first-order valence-corrected chi connectivity index (χ1v) is 8.41. The number of carbonyl (C=O) groups excluding carboxylic acids is 1. The lowest BCUT2D eigenvalue weighted by atomic mass is 10.1. The molecule has 1 aliphatic rings. The third kappa shape index (κ3) is 9.19. The van der Waals surface area contributed by atoms with Crippen molar-refractivity contribution in [2.24, 2.45) is 0 Å². The predicted molar refractivity (Wildman–Crippen MR) is 88.8 cm³/mol. The van der Waals surface area contributed by atoms with Crippen molar-refractivity contribution in [1.29, 1.82) is 0 Å². The van der Waals surface area contributed by atoms with Crippen LogP contribution in [0.4, 0.5) is 0 Å². The summed E-state index contributed by atoms with van der Waals surface area (Å²) in [5.41, 5.74) is 0. The summed E-state index contributed by atoms with van der Waals surface area (Å²) in [4.78, 5) is 16.5. The highest BCUT2D eigenvalue weighted by molar-refractivity contribution is 5.81. The third-order valence-electron chi connectivity index (χ3n) is 4.18. The Morgan fingerprint density at radius 1 is 0.905 bits per heavy atom. The Morgan fingerprint density at radius 2 is 1.48 bits per heavy atom. The van der Waals surface area contributed by atoms with Crippen molar-refractivity contribution >= 4 is 5.78 Å². The van der Waals surface area contributed by atoms with Crippen LogP contribution in [0.15, 0.2) is 0 Å². The lowest BCUT2D eigenvalue weighted by Gasteiger charge is -2.22. The van der Waals surface area contributed by atoms with Crippen LogP contribution in [0.2, 0.25) is 0 Å². The van der Waals surface area contributed by atoms with Crippen LogP contribution >= 0.6 is 0 Å². The Bertz CT molecular complexity index is 285. The molecule has 0 amide bonds. The molecule has 0 saturated carbocycles. The maximum atomic E-state index is 11.6. The van der Waals surface area contributed by atoms with Gasteiger partial charge in [-0.15, -0.1) is 0 Å². The summed E-state index contributed by atoms with van der Waals surface area (Å²) in [5.74, 6) is 0.256. The van der Waals surface area contributed by atoms with Crippen molar-refractivity contribution in [3.05, 3.63) is 0 Å². The van der Waals surface area contributed by atoms with Crippen molar-refractivity contribution < 1.29 is 4.79 Å². The van der Waals surface area contributed by atoms with E-state index in [9.17, 15) is 4.79 Å². The molecule has 1 heterocycles. The fraction of sp³-hybridized carbons (Fsp3) is 0.938. The van der Waals surface area contributed by atoms with Gasteiger partial charge in [0.25, 0.3) is 0 Å². The molecule has 2 N–H and O–H groups in total. The molecule has 1 atom stereocenters. The molecule has 5 nitrogen and oxygen atoms in total. The average Bonchev–Trinajstić information content (AvgIpc) is 2.43. The summed E-state index contributed by atoms with van der Waals surface area (Å²) in [5, 5.41) is 6.86. The van der Waals surface area contributed by atoms with Crippen LogP contribution in [0.5, 0.6) is 0 Å². The van der Waals surface area contributed by atoms with Gasteiger partial charge in [-0.25, -0.2) is 0 Å². The van der Waals surface area contributed by atoms with Gasteiger partial charge in [0.1, 0.15) is 5.78 Å². The fourth-order valence-corrected chi connectivity index (χ4v) is 2.75. The summed E-state index contributed by atoms with van der Waals surface area (Å²) in [6.07, 6.45) is 4.39. The SMILES string of the molecule is CC(=O)C1CCNCCCN(C)CCCN(C)CCCN1. The van der Waals surface area contributed by atoms with Gasteiger partial charge in [0.05, 0.1) is 6.04 Å². The van der Waals surface area contributed by atoms with Gasteiger partial charge in [0, 0.05) is 0 Å². The van der Waals surface area contributed by atoms with Gasteiger partial charge >= 0.3 is 0 Å². The molecule has 0 aliphatic carbocycles. The fourth-order valence-electron chi connectivity index (χ4n) is 2.75. The van der Waals surface area contributed by atoms with Gasteiger partial charge in [0.2, 0.25) is 0 Å². The summed E-state index contributed by atoms with van der Waals surface area (Å²) in [6.45, 7) is 9.14. The monoisotopic (exact) mass is 298 g/mol. The molecule has 1 unspecified atom stereocenters. The van der Waals surface area contributed by atoms with Gasteiger partial charge in [-0.3, -0.25) is 4.79 Å². The van der Waals surface area contributed by atoms with E-state index in [-0.39, 0.29) is 11.8 Å². The summed E-state index contributed by atoms with van der Waals surface area (Å²) in [7, 11) is 4.40. The molecule has 21 heavy (non-hydrogen) atoms. The van der Waals surface area contributed by atoms with Gasteiger partial charge in [-0.2, -0.15) is 0 Å². The number of hydrogen-bond acceptors (Lipinski definition) is 5. The second kappa shape index (κ2) is 11.1. The van der Waals surface area contributed by atoms with Crippen LogP contribution in [0.3, 0.4) is 0 Å². The minimum Gasteiger partial charge on any atom is -0.317 e. The van der Waals surface area contributed by atoms with E-state index in [2.05, 4.69) is 34.5 Å². The summed E-state index contributed by atoms with van der Waals surface area (Å²) >= 11 is 0. The highest BCUT2D eigenvalue weighted by Gasteiger charge is 2.12. The average molecular weight is 298 g/mol. The molecule has 0 aromatic rings. The Morgan fingerprint density at radius 3 is 2.10 bits per heavy atom. The van der Waals surface area contributed by atoms with Crippen LogP contribution in [-0.4, -0.2) is 81.5 Å². The number of rotatable bonds is 1.